The number of benzene rings is 1. The number of ether oxygens (including phenoxy) is 1. The van der Waals surface area contributed by atoms with Crippen molar-refractivity contribution in [2.75, 3.05) is 0 Å². The number of amides is 1. The molecule has 2 heterocycles. The van der Waals surface area contributed by atoms with E-state index in [4.69, 9.17) is 9.26 Å². The van der Waals surface area contributed by atoms with Crippen LogP contribution in [0, 0.1) is 5.41 Å². The van der Waals surface area contributed by atoms with Gasteiger partial charge in [-0.2, -0.15) is 0 Å². The fourth-order valence-corrected chi connectivity index (χ4v) is 3.82. The standard InChI is InChI=1S/C24H30N4O3/c1-24(2,3)22(14-28-11-10-25-16-28)26-23(29)21-13-20(31-27-21)15-30-19-9-8-17-6-4-5-7-18(17)12-19/h8-13,16,22H,4-7,14-15H2,1-3H3,(H,26,29)/t22-/m0/s1. The second-order valence-electron chi connectivity index (χ2n) is 9.26. The molecule has 164 valence electrons. The van der Waals surface area contributed by atoms with Gasteiger partial charge in [0.05, 0.1) is 12.4 Å². The summed E-state index contributed by atoms with van der Waals surface area (Å²) in [5, 5.41) is 7.03. The third-order valence-corrected chi connectivity index (χ3v) is 5.80. The summed E-state index contributed by atoms with van der Waals surface area (Å²) in [4.78, 5) is 16.9. The molecule has 1 aliphatic rings. The molecule has 0 unspecified atom stereocenters. The lowest BCUT2D eigenvalue weighted by Crippen LogP contribution is -2.46. The fraction of sp³-hybridized carbons (Fsp3) is 0.458. The van der Waals surface area contributed by atoms with E-state index in [9.17, 15) is 4.79 Å². The number of aryl methyl sites for hydroxylation is 2. The number of aromatic nitrogens is 3. The first-order valence-corrected chi connectivity index (χ1v) is 10.9. The maximum absolute atomic E-state index is 12.8. The van der Waals surface area contributed by atoms with Gasteiger partial charge in [0.25, 0.3) is 5.91 Å². The van der Waals surface area contributed by atoms with Gasteiger partial charge in [-0.15, -0.1) is 0 Å². The minimum Gasteiger partial charge on any atom is -0.486 e. The molecule has 1 N–H and O–H groups in total. The van der Waals surface area contributed by atoms with Crippen LogP contribution in [0.4, 0.5) is 0 Å². The second-order valence-corrected chi connectivity index (χ2v) is 9.26. The van der Waals surface area contributed by atoms with Gasteiger partial charge >= 0.3 is 0 Å². The Kier molecular flexibility index (Phi) is 6.11. The van der Waals surface area contributed by atoms with Crippen LogP contribution in [0.15, 0.2) is 47.5 Å². The maximum Gasteiger partial charge on any atom is 0.273 e. The Hall–Kier alpha value is -3.09. The molecule has 0 saturated carbocycles. The van der Waals surface area contributed by atoms with Crippen molar-refractivity contribution in [1.82, 2.24) is 20.0 Å². The molecule has 0 radical (unpaired) electrons. The number of nitrogens with zero attached hydrogens (tertiary/aromatic N) is 3. The van der Waals surface area contributed by atoms with E-state index in [1.807, 2.05) is 16.8 Å². The lowest BCUT2D eigenvalue weighted by atomic mass is 9.86. The molecule has 4 rings (SSSR count). The molecule has 1 aromatic carbocycles. The van der Waals surface area contributed by atoms with Crippen molar-refractivity contribution in [2.45, 2.75) is 65.6 Å². The number of fused-ring (bicyclic) bond motifs is 1. The van der Waals surface area contributed by atoms with Crippen LogP contribution in [0.25, 0.3) is 0 Å². The van der Waals surface area contributed by atoms with E-state index in [1.54, 1.807) is 18.6 Å². The fourth-order valence-electron chi connectivity index (χ4n) is 3.82. The average Bonchev–Trinajstić information content (AvgIpc) is 3.43. The molecule has 0 fully saturated rings. The van der Waals surface area contributed by atoms with Gasteiger partial charge in [0, 0.05) is 25.0 Å². The third-order valence-electron chi connectivity index (χ3n) is 5.80. The predicted molar refractivity (Wildman–Crippen MR) is 117 cm³/mol. The molecule has 0 bridgehead atoms. The van der Waals surface area contributed by atoms with Crippen LogP contribution in [0.2, 0.25) is 0 Å². The van der Waals surface area contributed by atoms with Crippen molar-refractivity contribution < 1.29 is 14.1 Å². The van der Waals surface area contributed by atoms with Gasteiger partial charge in [0.1, 0.15) is 12.4 Å². The quantitative estimate of drug-likeness (QED) is 0.618. The van der Waals surface area contributed by atoms with Crippen molar-refractivity contribution in [3.8, 4) is 5.75 Å². The Labute approximate surface area is 182 Å². The number of carbonyl (C=O) groups excluding carboxylic acids is 1. The summed E-state index contributed by atoms with van der Waals surface area (Å²) in [6, 6.07) is 7.81. The maximum atomic E-state index is 12.8. The van der Waals surface area contributed by atoms with E-state index in [-0.39, 0.29) is 29.7 Å². The van der Waals surface area contributed by atoms with E-state index < -0.39 is 0 Å². The highest BCUT2D eigenvalue weighted by atomic mass is 16.5. The molecule has 3 aromatic rings. The van der Waals surface area contributed by atoms with Crippen molar-refractivity contribution in [1.29, 1.82) is 0 Å². The topological polar surface area (TPSA) is 82.2 Å². The highest BCUT2D eigenvalue weighted by Crippen LogP contribution is 2.26. The SMILES string of the molecule is CC(C)(C)[C@H](Cn1ccnc1)NC(=O)c1cc(COc2ccc3c(c2)CCCC3)on1. The Balaban J connectivity index is 1.36. The van der Waals surface area contributed by atoms with E-state index in [1.165, 1.54) is 24.0 Å². The zero-order chi connectivity index (χ0) is 21.8. The highest BCUT2D eigenvalue weighted by Gasteiger charge is 2.28. The van der Waals surface area contributed by atoms with Gasteiger partial charge in [-0.3, -0.25) is 4.79 Å². The number of hydrogen-bond acceptors (Lipinski definition) is 5. The van der Waals surface area contributed by atoms with Crippen LogP contribution >= 0.6 is 0 Å². The van der Waals surface area contributed by atoms with Gasteiger partial charge in [0.2, 0.25) is 0 Å². The number of carbonyl (C=O) groups is 1. The number of nitrogens with one attached hydrogen (secondary N) is 1. The van der Waals surface area contributed by atoms with Gasteiger partial charge in [0.15, 0.2) is 11.5 Å². The largest absolute Gasteiger partial charge is 0.486 e. The molecular formula is C24H30N4O3. The normalized spacial score (nSPS) is 14.7. The van der Waals surface area contributed by atoms with Gasteiger partial charge in [-0.1, -0.05) is 32.0 Å². The molecule has 1 amide bonds. The summed E-state index contributed by atoms with van der Waals surface area (Å²) >= 11 is 0. The van der Waals surface area contributed by atoms with E-state index in [2.05, 4.69) is 48.4 Å². The van der Waals surface area contributed by atoms with Crippen molar-refractivity contribution >= 4 is 5.91 Å². The monoisotopic (exact) mass is 422 g/mol. The number of imidazole rings is 1. The molecule has 7 heteroatoms. The lowest BCUT2D eigenvalue weighted by molar-refractivity contribution is 0.0883. The zero-order valence-corrected chi connectivity index (χ0v) is 18.4. The average molecular weight is 423 g/mol. The summed E-state index contributed by atoms with van der Waals surface area (Å²) in [6.45, 7) is 7.14. The first kappa shape index (κ1) is 21.2. The molecule has 7 nitrogen and oxygen atoms in total. The van der Waals surface area contributed by atoms with E-state index in [0.29, 0.717) is 12.3 Å². The summed E-state index contributed by atoms with van der Waals surface area (Å²) in [5.41, 5.74) is 2.90. The smallest absolute Gasteiger partial charge is 0.273 e. The molecule has 0 saturated heterocycles. The first-order chi connectivity index (χ1) is 14.9. The second kappa shape index (κ2) is 8.96. The molecule has 1 atom stereocenters. The van der Waals surface area contributed by atoms with Crippen molar-refractivity contribution in [3.63, 3.8) is 0 Å². The Morgan fingerprint density at radius 3 is 2.77 bits per heavy atom. The Morgan fingerprint density at radius 2 is 2.03 bits per heavy atom. The molecule has 0 aliphatic heterocycles. The first-order valence-electron chi connectivity index (χ1n) is 10.9. The molecule has 1 aliphatic carbocycles. The van der Waals surface area contributed by atoms with E-state index >= 15 is 0 Å². The number of hydrogen-bond donors (Lipinski definition) is 1. The summed E-state index contributed by atoms with van der Waals surface area (Å²) in [5.74, 6) is 1.07. The summed E-state index contributed by atoms with van der Waals surface area (Å²) in [7, 11) is 0. The van der Waals surface area contributed by atoms with Gasteiger partial charge in [-0.25, -0.2) is 4.98 Å². The third kappa shape index (κ3) is 5.34. The summed E-state index contributed by atoms with van der Waals surface area (Å²) < 4.78 is 13.2. The lowest BCUT2D eigenvalue weighted by Gasteiger charge is -2.31. The predicted octanol–water partition coefficient (Wildman–Crippen LogP) is 4.17. The van der Waals surface area contributed by atoms with Crippen molar-refractivity contribution in [2.24, 2.45) is 5.41 Å². The zero-order valence-electron chi connectivity index (χ0n) is 18.4. The van der Waals surface area contributed by atoms with Gasteiger partial charge in [-0.05, 0) is 54.4 Å². The van der Waals surface area contributed by atoms with Crippen LogP contribution in [0.5, 0.6) is 5.75 Å². The number of rotatable bonds is 7. The molecule has 31 heavy (non-hydrogen) atoms. The van der Waals surface area contributed by atoms with E-state index in [0.717, 1.165) is 18.6 Å². The Morgan fingerprint density at radius 1 is 1.23 bits per heavy atom. The van der Waals surface area contributed by atoms with Crippen molar-refractivity contribution in [3.05, 3.63) is 65.6 Å². The minimum absolute atomic E-state index is 0.0962. The van der Waals surface area contributed by atoms with Gasteiger partial charge < -0.3 is 19.1 Å². The molecular weight excluding hydrogens is 392 g/mol. The molecule has 2 aromatic heterocycles. The highest BCUT2D eigenvalue weighted by molar-refractivity contribution is 5.92. The van der Waals surface area contributed by atoms with Crippen LogP contribution in [-0.4, -0.2) is 26.7 Å². The van der Waals surface area contributed by atoms with Crippen LogP contribution in [-0.2, 0) is 26.0 Å². The summed E-state index contributed by atoms with van der Waals surface area (Å²) in [6.07, 6.45) is 10.1. The Bertz CT molecular complexity index is 1020. The van der Waals surface area contributed by atoms with Crippen LogP contribution in [0.1, 0.15) is 61.0 Å². The van der Waals surface area contributed by atoms with Crippen LogP contribution in [0.3, 0.4) is 0 Å². The van der Waals surface area contributed by atoms with Crippen LogP contribution < -0.4 is 10.1 Å². The minimum atomic E-state index is -0.260. The molecule has 0 spiro atoms.